The largest absolute Gasteiger partial charge is 0.491 e. The fraction of sp³-hybridized carbons (Fsp3) is 0.388. The lowest BCUT2D eigenvalue weighted by Crippen LogP contribution is -2.54. The lowest BCUT2D eigenvalue weighted by Gasteiger charge is -2.25. The number of aryl methyl sites for hydroxylation is 1. The number of pyridine rings is 1. The Morgan fingerprint density at radius 1 is 0.823 bits per heavy atom. The van der Waals surface area contributed by atoms with Gasteiger partial charge in [0.2, 0.25) is 11.8 Å². The molecular weight excluding hydrogens is 1260 g/mol. The number of aromatic nitrogens is 2. The summed E-state index contributed by atoms with van der Waals surface area (Å²) in [5.74, 6) is -2.44. The highest BCUT2D eigenvalue weighted by Gasteiger charge is 2.37. The van der Waals surface area contributed by atoms with Gasteiger partial charge in [0, 0.05) is 85.3 Å². The number of aromatic amines is 1. The summed E-state index contributed by atoms with van der Waals surface area (Å²) in [5.41, 5.74) is 9.52. The molecule has 8 rings (SSSR count). The fourth-order valence-electron chi connectivity index (χ4n) is 10.4. The van der Waals surface area contributed by atoms with Crippen LogP contribution in [0.1, 0.15) is 90.4 Å². The molecule has 4 atom stereocenters. The summed E-state index contributed by atoms with van der Waals surface area (Å²) in [6.45, 7) is 10.1. The van der Waals surface area contributed by atoms with E-state index in [1.807, 2.05) is 39.0 Å². The van der Waals surface area contributed by atoms with Crippen LogP contribution in [0.25, 0.3) is 21.7 Å². The summed E-state index contributed by atoms with van der Waals surface area (Å²) < 4.78 is 33.4. The van der Waals surface area contributed by atoms with Crippen molar-refractivity contribution in [2.24, 2.45) is 11.7 Å². The van der Waals surface area contributed by atoms with Crippen LogP contribution in [0.3, 0.4) is 0 Å². The molecule has 0 fully saturated rings. The summed E-state index contributed by atoms with van der Waals surface area (Å²) in [7, 11) is 1.49. The van der Waals surface area contributed by atoms with Crippen molar-refractivity contribution < 1.29 is 76.4 Å². The maximum atomic E-state index is 14.6. The lowest BCUT2D eigenvalue weighted by molar-refractivity contribution is -0.137. The summed E-state index contributed by atoms with van der Waals surface area (Å²) in [5, 5.41) is 17.9. The van der Waals surface area contributed by atoms with Crippen molar-refractivity contribution in [1.82, 2.24) is 41.0 Å². The number of primary amides is 1. The molecule has 0 aliphatic carbocycles. The molecule has 28 nitrogen and oxygen atoms in total. The number of rotatable bonds is 32. The van der Waals surface area contributed by atoms with Crippen molar-refractivity contribution in [1.29, 1.82) is 0 Å². The van der Waals surface area contributed by atoms with Crippen LogP contribution >= 0.6 is 11.6 Å². The molecule has 96 heavy (non-hydrogen) atoms. The molecule has 1 unspecified atom stereocenters. The molecule has 4 heterocycles. The predicted molar refractivity (Wildman–Crippen MR) is 356 cm³/mol. The zero-order valence-corrected chi connectivity index (χ0v) is 54.8. The van der Waals surface area contributed by atoms with Gasteiger partial charge in [0.05, 0.1) is 49.9 Å². The van der Waals surface area contributed by atoms with E-state index in [9.17, 15) is 47.9 Å². The Balaban J connectivity index is 0.810. The minimum Gasteiger partial charge on any atom is -0.491 e. The molecule has 0 bridgehead atoms. The number of nitrogens with one attached hydrogen (secondary N) is 7. The van der Waals surface area contributed by atoms with Crippen LogP contribution in [0, 0.1) is 12.8 Å². The summed E-state index contributed by atoms with van der Waals surface area (Å²) in [6.07, 6.45) is 2.73. The molecule has 2 aliphatic rings. The van der Waals surface area contributed by atoms with Crippen molar-refractivity contribution in [3.63, 3.8) is 0 Å². The minimum absolute atomic E-state index is 0.0149. The maximum absolute atomic E-state index is 14.6. The molecule has 9 N–H and O–H groups in total. The van der Waals surface area contributed by atoms with Crippen molar-refractivity contribution in [2.45, 2.75) is 84.6 Å². The monoisotopic (exact) mass is 1340 g/mol. The van der Waals surface area contributed by atoms with E-state index in [0.717, 1.165) is 40.0 Å². The second-order valence-corrected chi connectivity index (χ2v) is 23.4. The molecule has 0 spiro atoms. The van der Waals surface area contributed by atoms with Crippen LogP contribution < -0.4 is 52.0 Å². The Labute approximate surface area is 558 Å². The van der Waals surface area contributed by atoms with Crippen LogP contribution in [0.4, 0.5) is 36.4 Å². The van der Waals surface area contributed by atoms with Crippen LogP contribution in [-0.2, 0) is 44.7 Å². The van der Waals surface area contributed by atoms with E-state index in [4.69, 9.17) is 45.8 Å². The van der Waals surface area contributed by atoms with Gasteiger partial charge in [0.1, 0.15) is 54.9 Å². The molecule has 0 saturated heterocycles. The number of likely N-dealkylation sites (N-methyl/N-ethyl adjacent to an activating group) is 1. The third-order valence-electron chi connectivity index (χ3n) is 15.8. The van der Waals surface area contributed by atoms with E-state index >= 15 is 0 Å². The van der Waals surface area contributed by atoms with Gasteiger partial charge in [-0.05, 0) is 110 Å². The highest BCUT2D eigenvalue weighted by Crippen LogP contribution is 2.47. The number of carbonyl (C=O) groups excluding carboxylic acids is 10. The number of fused-ring (bicyclic) bond motifs is 4. The quantitative estimate of drug-likeness (QED) is 0.0116. The second kappa shape index (κ2) is 34.2. The Kier molecular flexibility index (Phi) is 25.5. The molecule has 2 aromatic heterocycles. The number of halogens is 1. The Morgan fingerprint density at radius 2 is 1.57 bits per heavy atom. The van der Waals surface area contributed by atoms with Gasteiger partial charge < -0.3 is 80.8 Å². The number of nitrogens with zero attached hydrogens (tertiary/aromatic N) is 4. The number of hydrogen-bond donors (Lipinski definition) is 8. The number of amides is 11. The van der Waals surface area contributed by atoms with Gasteiger partial charge in [0.25, 0.3) is 23.6 Å². The van der Waals surface area contributed by atoms with E-state index < -0.39 is 65.9 Å². The number of carbonyl (C=O) groups is 10. The van der Waals surface area contributed by atoms with Crippen LogP contribution in [-0.4, -0.2) is 176 Å². The van der Waals surface area contributed by atoms with Gasteiger partial charge in [-0.1, -0.05) is 51.1 Å². The van der Waals surface area contributed by atoms with Gasteiger partial charge in [-0.15, -0.1) is 11.6 Å². The minimum atomic E-state index is -1.14. The number of ether oxygens (including phenoxy) is 6. The second-order valence-electron chi connectivity index (χ2n) is 23.1. The van der Waals surface area contributed by atoms with Crippen LogP contribution in [0.2, 0.25) is 0 Å². The molecular formula is C67H79ClN12O16. The summed E-state index contributed by atoms with van der Waals surface area (Å²) >= 11 is 6.62. The summed E-state index contributed by atoms with van der Waals surface area (Å²) in [6, 6.07) is 20.6. The number of nitrogens with two attached hydrogens (primary N) is 1. The molecule has 0 radical (unpaired) electrons. The van der Waals surface area contributed by atoms with E-state index in [1.54, 1.807) is 85.5 Å². The number of anilines is 3. The van der Waals surface area contributed by atoms with Gasteiger partial charge >= 0.3 is 24.3 Å². The third-order valence-corrected chi connectivity index (χ3v) is 16.1. The molecule has 2 aliphatic heterocycles. The predicted octanol–water partition coefficient (Wildman–Crippen LogP) is 7.37. The van der Waals surface area contributed by atoms with E-state index in [0.29, 0.717) is 57.8 Å². The van der Waals surface area contributed by atoms with Crippen LogP contribution in [0.15, 0.2) is 103 Å². The van der Waals surface area contributed by atoms with Gasteiger partial charge in [0.15, 0.2) is 0 Å². The first-order valence-corrected chi connectivity index (χ1v) is 31.8. The standard InChI is InChI=1S/C67H79ClN12O16/c1-7-41(5)92-30-31-93-47-19-15-43(16-20-47)60(83)76-54-33-44-32-50(74-51(44)36-72-54)63(86)80-37-45(35-68)58-52(80)34-53(48-11-8-10-40(4)57(48)58)96-65(88)71-24-25-78(6)67(90)95-38-42-13-17-46(18-14-42)73-61(84)49(12-9-23-70-64(69)87)75-62(85)59(39(2)3)77-66(89)94-29-28-91-27-26-79-55(81)21-22-56(79)82/h8,10-11,13-22,32-34,36,39,41,45,49,59,74H,7,9,12,23-31,35,37-38H2,1-6H3,(H,71,88)(H,73,84)(H,75,85)(H,77,89)(H3,69,70,87)(H,72,76,83)/t41?,45-,49+,59+/m1/s1. The number of H-pyrrole nitrogens is 1. The SMILES string of the molecule is CCC(C)OCCOc1ccc(C(=O)Nc2cc3cc(C(=O)N4C[C@@H](CCl)c5c4cc(OC(=O)NCCN(C)C(=O)OCc4ccc(NC(=O)[C@H](CCCNC(N)=O)NC(=O)[C@@H](NC(=O)OCCOCCN6C(=O)C=CC6=O)C(C)C)cc4)c4cccc(C)c54)[nH]c3cn2)cc1. The normalized spacial score (nSPS) is 14.2. The van der Waals surface area contributed by atoms with Gasteiger partial charge in [-0.3, -0.25) is 33.7 Å². The van der Waals surface area contributed by atoms with Gasteiger partial charge in [-0.2, -0.15) is 0 Å². The van der Waals surface area contributed by atoms with E-state index in [1.165, 1.54) is 18.1 Å². The molecule has 510 valence electrons. The summed E-state index contributed by atoms with van der Waals surface area (Å²) in [4.78, 5) is 141. The number of alkyl carbamates (subject to hydrolysis) is 1. The Hall–Kier alpha value is -10.3. The number of benzene rings is 4. The highest BCUT2D eigenvalue weighted by atomic mass is 35.5. The average molecular weight is 1340 g/mol. The smallest absolute Gasteiger partial charge is 0.412 e. The van der Waals surface area contributed by atoms with Crippen molar-refractivity contribution >= 4 is 110 Å². The van der Waals surface area contributed by atoms with Crippen molar-refractivity contribution in [3.8, 4) is 11.5 Å². The molecule has 6 aromatic rings. The van der Waals surface area contributed by atoms with Gasteiger partial charge in [-0.25, -0.2) is 24.2 Å². The Bertz CT molecular complexity index is 3830. The van der Waals surface area contributed by atoms with Crippen molar-refractivity contribution in [3.05, 3.63) is 131 Å². The van der Waals surface area contributed by atoms with Crippen molar-refractivity contribution in [2.75, 3.05) is 94.2 Å². The first-order chi connectivity index (χ1) is 46.1. The maximum Gasteiger partial charge on any atom is 0.412 e. The van der Waals surface area contributed by atoms with Crippen LogP contribution in [0.5, 0.6) is 11.5 Å². The first kappa shape index (κ1) is 71.5. The van der Waals surface area contributed by atoms with E-state index in [2.05, 4.69) is 41.9 Å². The lowest BCUT2D eigenvalue weighted by atomic mass is 9.92. The highest BCUT2D eigenvalue weighted by molar-refractivity contribution is 6.20. The zero-order valence-electron chi connectivity index (χ0n) is 54.1. The molecule has 11 amide bonds. The van der Waals surface area contributed by atoms with E-state index in [-0.39, 0.29) is 119 Å². The fourth-order valence-corrected chi connectivity index (χ4v) is 10.7. The zero-order chi connectivity index (χ0) is 69.0. The molecule has 4 aromatic carbocycles. The molecule has 0 saturated carbocycles. The number of imide groups is 1. The molecule has 29 heteroatoms. The number of hydrogen-bond acceptors (Lipinski definition) is 17. The first-order valence-electron chi connectivity index (χ1n) is 31.3. The third kappa shape index (κ3) is 19.4. The number of urea groups is 1. The number of alkyl halides is 1. The topological polar surface area (TPSA) is 363 Å². The Morgan fingerprint density at radius 3 is 2.28 bits per heavy atom. The average Bonchev–Trinajstić information content (AvgIpc) is 1.54.